The van der Waals surface area contributed by atoms with Crippen LogP contribution in [0.4, 0.5) is 32.0 Å². The van der Waals surface area contributed by atoms with Gasteiger partial charge in [0.25, 0.3) is 0 Å². The van der Waals surface area contributed by atoms with Crippen molar-refractivity contribution in [3.8, 4) is 0 Å². The van der Waals surface area contributed by atoms with Gasteiger partial charge in [0.05, 0.1) is 16.9 Å². The Morgan fingerprint density at radius 1 is 1.04 bits per heavy atom. The summed E-state index contributed by atoms with van der Waals surface area (Å²) < 4.78 is 102. The second kappa shape index (κ2) is 7.90. The molecule has 28 heavy (non-hydrogen) atoms. The van der Waals surface area contributed by atoms with Crippen molar-refractivity contribution in [1.29, 1.82) is 0 Å². The van der Waals surface area contributed by atoms with Gasteiger partial charge in [0.1, 0.15) is 0 Å². The van der Waals surface area contributed by atoms with Crippen LogP contribution >= 0.6 is 0 Å². The molecule has 1 heterocycles. The monoisotopic (exact) mass is 432 g/mol. The number of hydrogen-bond donors (Lipinski definition) is 1. The summed E-state index contributed by atoms with van der Waals surface area (Å²) in [6.45, 7) is 1.59. The fourth-order valence-corrected chi connectivity index (χ4v) is 3.98. The summed E-state index contributed by atoms with van der Waals surface area (Å²) in [4.78, 5) is 12.3. The average Bonchev–Trinajstić information content (AvgIpc) is 2.60. The molecule has 1 aromatic carbocycles. The fourth-order valence-electron chi connectivity index (χ4n) is 2.85. The van der Waals surface area contributed by atoms with Crippen molar-refractivity contribution >= 4 is 21.6 Å². The third-order valence-electron chi connectivity index (χ3n) is 4.44. The first kappa shape index (κ1) is 22.5. The number of rotatable bonds is 4. The zero-order valence-electron chi connectivity index (χ0n) is 14.7. The Labute approximate surface area is 157 Å². The predicted octanol–water partition coefficient (Wildman–Crippen LogP) is 3.72. The molecule has 0 unspecified atom stereocenters. The van der Waals surface area contributed by atoms with Gasteiger partial charge in [-0.3, -0.25) is 4.79 Å². The van der Waals surface area contributed by atoms with Crippen molar-refractivity contribution in [3.63, 3.8) is 0 Å². The lowest BCUT2D eigenvalue weighted by molar-refractivity contribution is -0.143. The lowest BCUT2D eigenvalue weighted by atomic mass is 9.97. The molecule has 0 aromatic heterocycles. The van der Waals surface area contributed by atoms with Crippen molar-refractivity contribution in [2.45, 2.75) is 32.1 Å². The second-order valence-corrected chi connectivity index (χ2v) is 8.62. The third-order valence-corrected chi connectivity index (χ3v) is 6.32. The van der Waals surface area contributed by atoms with Crippen LogP contribution in [-0.4, -0.2) is 37.5 Å². The highest BCUT2D eigenvalue weighted by molar-refractivity contribution is 7.89. The van der Waals surface area contributed by atoms with Crippen LogP contribution in [0.1, 0.15) is 30.9 Å². The second-order valence-electron chi connectivity index (χ2n) is 6.36. The van der Waals surface area contributed by atoms with E-state index in [1.807, 2.05) is 0 Å². The zero-order chi connectivity index (χ0) is 21.3. The predicted molar refractivity (Wildman–Crippen MR) is 88.8 cm³/mol. The molecule has 1 N–H and O–H groups in total. The zero-order valence-corrected chi connectivity index (χ0v) is 15.5. The Morgan fingerprint density at radius 3 is 1.89 bits per heavy atom. The Balaban J connectivity index is 2.16. The SMILES string of the molecule is CCS(=O)(=O)N1CCC(C(=O)Nc2cc(C(F)(F)F)cc(C(F)(F)F)c2)CC1. The molecule has 5 nitrogen and oxygen atoms in total. The standard InChI is InChI=1S/C16H18F6N2O3S/c1-2-28(26,27)24-5-3-10(4-6-24)14(25)23-13-8-11(15(17,18)19)7-12(9-13)16(20,21)22/h7-10H,2-6H2,1H3,(H,23,25). The molecule has 0 atom stereocenters. The van der Waals surface area contributed by atoms with Crippen LogP contribution in [0.25, 0.3) is 0 Å². The number of hydrogen-bond acceptors (Lipinski definition) is 3. The van der Waals surface area contributed by atoms with Crippen molar-refractivity contribution < 1.29 is 39.6 Å². The first-order valence-electron chi connectivity index (χ1n) is 8.32. The minimum atomic E-state index is -5.01. The van der Waals surface area contributed by atoms with Gasteiger partial charge in [-0.1, -0.05) is 0 Å². The van der Waals surface area contributed by atoms with E-state index in [1.54, 1.807) is 0 Å². The molecule has 1 fully saturated rings. The van der Waals surface area contributed by atoms with Gasteiger partial charge >= 0.3 is 12.4 Å². The van der Waals surface area contributed by atoms with Gasteiger partial charge in [0.2, 0.25) is 15.9 Å². The van der Waals surface area contributed by atoms with E-state index >= 15 is 0 Å². The lowest BCUT2D eigenvalue weighted by Crippen LogP contribution is -2.42. The molecule has 0 aliphatic carbocycles. The number of alkyl halides is 6. The van der Waals surface area contributed by atoms with E-state index in [-0.39, 0.29) is 37.8 Å². The highest BCUT2D eigenvalue weighted by Crippen LogP contribution is 2.37. The van der Waals surface area contributed by atoms with E-state index in [9.17, 15) is 39.6 Å². The van der Waals surface area contributed by atoms with Gasteiger partial charge in [0, 0.05) is 24.7 Å². The molecule has 0 radical (unpaired) electrons. The first-order valence-corrected chi connectivity index (χ1v) is 9.93. The molecule has 12 heteroatoms. The molecule has 0 spiro atoms. The topological polar surface area (TPSA) is 66.5 Å². The summed E-state index contributed by atoms with van der Waals surface area (Å²) in [5, 5.41) is 2.10. The fraction of sp³-hybridized carbons (Fsp3) is 0.562. The van der Waals surface area contributed by atoms with Crippen LogP contribution in [0, 0.1) is 5.92 Å². The van der Waals surface area contributed by atoms with Crippen molar-refractivity contribution in [2.75, 3.05) is 24.2 Å². The number of nitrogens with one attached hydrogen (secondary N) is 1. The summed E-state index contributed by atoms with van der Waals surface area (Å²) in [5.41, 5.74) is -3.67. The molecule has 0 bridgehead atoms. The number of anilines is 1. The highest BCUT2D eigenvalue weighted by Gasteiger charge is 2.37. The van der Waals surface area contributed by atoms with E-state index in [4.69, 9.17) is 0 Å². The highest BCUT2D eigenvalue weighted by atomic mass is 32.2. The van der Waals surface area contributed by atoms with E-state index in [0.717, 1.165) is 0 Å². The average molecular weight is 432 g/mol. The minimum absolute atomic E-state index is 0.0241. The summed E-state index contributed by atoms with van der Waals surface area (Å²) in [6.07, 6.45) is -9.78. The summed E-state index contributed by atoms with van der Waals surface area (Å²) >= 11 is 0. The van der Waals surface area contributed by atoms with Gasteiger partial charge < -0.3 is 5.32 Å². The largest absolute Gasteiger partial charge is 0.416 e. The number of benzene rings is 1. The molecule has 1 aliphatic heterocycles. The number of sulfonamides is 1. The minimum Gasteiger partial charge on any atom is -0.326 e. The molecule has 1 saturated heterocycles. The maximum Gasteiger partial charge on any atom is 0.416 e. The number of halogens is 6. The Bertz CT molecular complexity index is 796. The van der Waals surface area contributed by atoms with E-state index in [1.165, 1.54) is 11.2 Å². The number of carbonyl (C=O) groups is 1. The third kappa shape index (κ3) is 5.37. The smallest absolute Gasteiger partial charge is 0.326 e. The number of carbonyl (C=O) groups excluding carboxylic acids is 1. The molecule has 1 amide bonds. The number of piperidine rings is 1. The molecule has 2 rings (SSSR count). The normalized spacial score (nSPS) is 17.5. The van der Waals surface area contributed by atoms with Gasteiger partial charge in [-0.05, 0) is 38.0 Å². The molecule has 1 aliphatic rings. The summed E-state index contributed by atoms with van der Waals surface area (Å²) in [7, 11) is -3.42. The van der Waals surface area contributed by atoms with Gasteiger partial charge in [-0.15, -0.1) is 0 Å². The van der Waals surface area contributed by atoms with Gasteiger partial charge in [0.15, 0.2) is 0 Å². The van der Waals surface area contributed by atoms with Crippen LogP contribution in [0.15, 0.2) is 18.2 Å². The molecular formula is C16H18F6N2O3S. The van der Waals surface area contributed by atoms with E-state index < -0.39 is 51.0 Å². The maximum absolute atomic E-state index is 12.9. The van der Waals surface area contributed by atoms with Gasteiger partial charge in [-0.25, -0.2) is 12.7 Å². The maximum atomic E-state index is 12.9. The summed E-state index contributed by atoms with van der Waals surface area (Å²) in [6, 6.07) is 0.845. The van der Waals surface area contributed by atoms with Crippen LogP contribution in [0.5, 0.6) is 0 Å². The molecule has 158 valence electrons. The van der Waals surface area contributed by atoms with Crippen LogP contribution in [-0.2, 0) is 27.2 Å². The van der Waals surface area contributed by atoms with E-state index in [2.05, 4.69) is 5.32 Å². The Morgan fingerprint density at radius 2 is 1.50 bits per heavy atom. The Kier molecular flexibility index (Phi) is 6.34. The Hall–Kier alpha value is -1.82. The van der Waals surface area contributed by atoms with Crippen LogP contribution in [0.2, 0.25) is 0 Å². The summed E-state index contributed by atoms with van der Waals surface area (Å²) in [5.74, 6) is -1.57. The number of amides is 1. The van der Waals surface area contributed by atoms with Crippen molar-refractivity contribution in [1.82, 2.24) is 4.31 Å². The lowest BCUT2D eigenvalue weighted by Gasteiger charge is -2.30. The molecule has 0 saturated carbocycles. The van der Waals surface area contributed by atoms with Crippen LogP contribution in [0.3, 0.4) is 0 Å². The number of nitrogens with zero attached hydrogens (tertiary/aromatic N) is 1. The van der Waals surface area contributed by atoms with Crippen LogP contribution < -0.4 is 5.32 Å². The quantitative estimate of drug-likeness (QED) is 0.738. The van der Waals surface area contributed by atoms with Crippen molar-refractivity contribution in [2.24, 2.45) is 5.92 Å². The molecule has 1 aromatic rings. The van der Waals surface area contributed by atoms with Crippen molar-refractivity contribution in [3.05, 3.63) is 29.3 Å². The first-order chi connectivity index (χ1) is 12.7. The van der Waals surface area contributed by atoms with E-state index in [0.29, 0.717) is 12.1 Å². The van der Waals surface area contributed by atoms with Gasteiger partial charge in [-0.2, -0.15) is 26.3 Å². The molecular weight excluding hydrogens is 414 g/mol.